The summed E-state index contributed by atoms with van der Waals surface area (Å²) in [6, 6.07) is 0. The topological polar surface area (TPSA) is 37.4 Å². The van der Waals surface area contributed by atoms with Gasteiger partial charge in [0.1, 0.15) is 0 Å². The summed E-state index contributed by atoms with van der Waals surface area (Å²) in [5.74, 6) is 0. The van der Waals surface area contributed by atoms with Crippen molar-refractivity contribution < 1.29 is 4.74 Å². The SMILES string of the molecule is Cc1nc(CN(C)CCOC2(C)CNC2)cs1. The van der Waals surface area contributed by atoms with Crippen LogP contribution in [0.4, 0.5) is 0 Å². The van der Waals surface area contributed by atoms with E-state index < -0.39 is 0 Å². The van der Waals surface area contributed by atoms with Crippen LogP contribution in [-0.4, -0.2) is 48.8 Å². The minimum absolute atomic E-state index is 0.0675. The first-order valence-corrected chi connectivity index (χ1v) is 6.90. The third-order valence-electron chi connectivity index (χ3n) is 3.02. The molecule has 17 heavy (non-hydrogen) atoms. The van der Waals surface area contributed by atoms with Gasteiger partial charge >= 0.3 is 0 Å². The standard InChI is InChI=1S/C12H21N3OS/c1-10-14-11(7-17-10)6-15(3)4-5-16-12(2)8-13-9-12/h7,13H,4-6,8-9H2,1-3H3. The number of hydrogen-bond donors (Lipinski definition) is 1. The third kappa shape index (κ3) is 3.74. The molecule has 2 rings (SSSR count). The number of thiazole rings is 1. The Hall–Kier alpha value is -0.490. The summed E-state index contributed by atoms with van der Waals surface area (Å²) >= 11 is 1.71. The molecule has 1 aromatic rings. The Labute approximate surface area is 107 Å². The quantitative estimate of drug-likeness (QED) is 0.830. The van der Waals surface area contributed by atoms with E-state index in [0.717, 1.165) is 43.5 Å². The van der Waals surface area contributed by atoms with Crippen molar-refractivity contribution in [2.75, 3.05) is 33.3 Å². The van der Waals surface area contributed by atoms with Crippen molar-refractivity contribution in [3.63, 3.8) is 0 Å². The first-order chi connectivity index (χ1) is 8.07. The lowest BCUT2D eigenvalue weighted by molar-refractivity contribution is -0.0712. The summed E-state index contributed by atoms with van der Waals surface area (Å²) in [7, 11) is 2.11. The molecule has 0 radical (unpaired) electrons. The summed E-state index contributed by atoms with van der Waals surface area (Å²) in [5, 5.41) is 6.50. The number of rotatable bonds is 6. The lowest BCUT2D eigenvalue weighted by Crippen LogP contribution is -2.59. The molecule has 0 saturated carbocycles. The predicted octanol–water partition coefficient (Wildman–Crippen LogP) is 1.26. The van der Waals surface area contributed by atoms with Gasteiger partial charge in [-0.15, -0.1) is 11.3 Å². The van der Waals surface area contributed by atoms with Crippen molar-refractivity contribution in [2.45, 2.75) is 26.0 Å². The molecule has 96 valence electrons. The van der Waals surface area contributed by atoms with E-state index in [0.29, 0.717) is 0 Å². The first-order valence-electron chi connectivity index (χ1n) is 6.02. The molecule has 4 nitrogen and oxygen atoms in total. The summed E-state index contributed by atoms with van der Waals surface area (Å²) in [4.78, 5) is 6.71. The van der Waals surface area contributed by atoms with E-state index in [2.05, 4.69) is 34.6 Å². The molecule has 1 N–H and O–H groups in total. The van der Waals surface area contributed by atoms with E-state index in [4.69, 9.17) is 4.74 Å². The monoisotopic (exact) mass is 255 g/mol. The second kappa shape index (κ2) is 5.44. The Bertz CT molecular complexity index is 362. The van der Waals surface area contributed by atoms with Gasteiger partial charge in [-0.1, -0.05) is 0 Å². The van der Waals surface area contributed by atoms with Crippen LogP contribution in [0.5, 0.6) is 0 Å². The Balaban J connectivity index is 1.65. The third-order valence-corrected chi connectivity index (χ3v) is 3.84. The van der Waals surface area contributed by atoms with Gasteiger partial charge in [-0.05, 0) is 20.9 Å². The summed E-state index contributed by atoms with van der Waals surface area (Å²) in [5.41, 5.74) is 1.23. The van der Waals surface area contributed by atoms with Crippen molar-refractivity contribution in [3.05, 3.63) is 16.1 Å². The Morgan fingerprint density at radius 3 is 2.88 bits per heavy atom. The van der Waals surface area contributed by atoms with E-state index in [-0.39, 0.29) is 5.60 Å². The average molecular weight is 255 g/mol. The molecule has 1 fully saturated rings. The average Bonchev–Trinajstić information content (AvgIpc) is 2.61. The zero-order chi connectivity index (χ0) is 12.3. The van der Waals surface area contributed by atoms with Crippen LogP contribution in [0.2, 0.25) is 0 Å². The molecule has 5 heteroatoms. The molecule has 0 aliphatic carbocycles. The van der Waals surface area contributed by atoms with Crippen LogP contribution in [0.1, 0.15) is 17.6 Å². The van der Waals surface area contributed by atoms with Crippen molar-refractivity contribution in [2.24, 2.45) is 0 Å². The molecule has 1 aliphatic rings. The second-order valence-corrected chi connectivity index (χ2v) is 6.06. The molecule has 0 bridgehead atoms. The van der Waals surface area contributed by atoms with Gasteiger partial charge in [0.05, 0.1) is 22.9 Å². The van der Waals surface area contributed by atoms with Crippen LogP contribution >= 0.6 is 11.3 Å². The molecular formula is C12H21N3OS. The van der Waals surface area contributed by atoms with Crippen molar-refractivity contribution in [3.8, 4) is 0 Å². The van der Waals surface area contributed by atoms with Gasteiger partial charge in [0.2, 0.25) is 0 Å². The molecule has 0 unspecified atom stereocenters. The van der Waals surface area contributed by atoms with Crippen molar-refractivity contribution in [1.82, 2.24) is 15.2 Å². The van der Waals surface area contributed by atoms with E-state index >= 15 is 0 Å². The molecule has 1 saturated heterocycles. The second-order valence-electron chi connectivity index (χ2n) is 5.00. The van der Waals surface area contributed by atoms with Crippen LogP contribution in [0.15, 0.2) is 5.38 Å². The molecule has 0 amide bonds. The summed E-state index contributed by atoms with van der Waals surface area (Å²) in [6.45, 7) is 8.80. The van der Waals surface area contributed by atoms with Gasteiger partial charge < -0.3 is 10.1 Å². The molecule has 1 aromatic heterocycles. The maximum Gasteiger partial charge on any atom is 0.0902 e. The van der Waals surface area contributed by atoms with Crippen LogP contribution < -0.4 is 5.32 Å². The van der Waals surface area contributed by atoms with Gasteiger partial charge in [-0.25, -0.2) is 4.98 Å². The zero-order valence-corrected chi connectivity index (χ0v) is 11.6. The highest BCUT2D eigenvalue weighted by molar-refractivity contribution is 7.09. The number of likely N-dealkylation sites (N-methyl/N-ethyl adjacent to an activating group) is 1. The lowest BCUT2D eigenvalue weighted by Gasteiger charge is -2.39. The van der Waals surface area contributed by atoms with Crippen molar-refractivity contribution >= 4 is 11.3 Å². The van der Waals surface area contributed by atoms with Gasteiger partial charge in [-0.3, -0.25) is 4.90 Å². The number of aromatic nitrogens is 1. The van der Waals surface area contributed by atoms with Gasteiger partial charge in [0, 0.05) is 31.6 Å². The smallest absolute Gasteiger partial charge is 0.0902 e. The van der Waals surface area contributed by atoms with Crippen LogP contribution in [0, 0.1) is 6.92 Å². The highest BCUT2D eigenvalue weighted by atomic mass is 32.1. The molecule has 0 spiro atoms. The minimum atomic E-state index is 0.0675. The molecule has 0 atom stereocenters. The predicted molar refractivity (Wildman–Crippen MR) is 70.4 cm³/mol. The van der Waals surface area contributed by atoms with Gasteiger partial charge in [0.25, 0.3) is 0 Å². The molecule has 2 heterocycles. The fourth-order valence-electron chi connectivity index (χ4n) is 1.86. The molecule has 0 aromatic carbocycles. The Kier molecular flexibility index (Phi) is 4.14. The van der Waals surface area contributed by atoms with Crippen LogP contribution in [-0.2, 0) is 11.3 Å². The number of nitrogens with zero attached hydrogens (tertiary/aromatic N) is 2. The summed E-state index contributed by atoms with van der Waals surface area (Å²) < 4.78 is 5.86. The van der Waals surface area contributed by atoms with E-state index in [9.17, 15) is 0 Å². The highest BCUT2D eigenvalue weighted by Gasteiger charge is 2.32. The number of ether oxygens (including phenoxy) is 1. The van der Waals surface area contributed by atoms with E-state index in [1.807, 2.05) is 6.92 Å². The largest absolute Gasteiger partial charge is 0.371 e. The number of hydrogen-bond acceptors (Lipinski definition) is 5. The Morgan fingerprint density at radius 2 is 2.35 bits per heavy atom. The minimum Gasteiger partial charge on any atom is -0.371 e. The number of aryl methyl sites for hydroxylation is 1. The zero-order valence-electron chi connectivity index (χ0n) is 10.8. The van der Waals surface area contributed by atoms with Crippen molar-refractivity contribution in [1.29, 1.82) is 0 Å². The first kappa shape index (κ1) is 13.0. The summed E-state index contributed by atoms with van der Waals surface area (Å²) in [6.07, 6.45) is 0. The molecular weight excluding hydrogens is 234 g/mol. The van der Waals surface area contributed by atoms with E-state index in [1.54, 1.807) is 11.3 Å². The maximum absolute atomic E-state index is 5.86. The van der Waals surface area contributed by atoms with Gasteiger partial charge in [0.15, 0.2) is 0 Å². The normalized spacial score (nSPS) is 18.4. The van der Waals surface area contributed by atoms with Crippen LogP contribution in [0.3, 0.4) is 0 Å². The molecule has 1 aliphatic heterocycles. The van der Waals surface area contributed by atoms with Gasteiger partial charge in [-0.2, -0.15) is 0 Å². The maximum atomic E-state index is 5.86. The fraction of sp³-hybridized carbons (Fsp3) is 0.750. The number of nitrogens with one attached hydrogen (secondary N) is 1. The van der Waals surface area contributed by atoms with E-state index in [1.165, 1.54) is 0 Å². The lowest BCUT2D eigenvalue weighted by atomic mass is 10.0. The highest BCUT2D eigenvalue weighted by Crippen LogP contribution is 2.15. The van der Waals surface area contributed by atoms with Crippen LogP contribution in [0.25, 0.3) is 0 Å². The fourth-order valence-corrected chi connectivity index (χ4v) is 2.47. The Morgan fingerprint density at radius 1 is 1.59 bits per heavy atom.